The molecule has 512 valence electrons. The molecular formula is C70H126N2O16. The van der Waals surface area contributed by atoms with Gasteiger partial charge in [-0.1, -0.05) is 143 Å². The van der Waals surface area contributed by atoms with E-state index in [1.54, 1.807) is 0 Å². The zero-order valence-corrected chi connectivity index (χ0v) is 56.6. The highest BCUT2D eigenvalue weighted by molar-refractivity contribution is 5.72. The zero-order chi connectivity index (χ0) is 64.7. The van der Waals surface area contributed by atoms with Gasteiger partial charge in [0, 0.05) is 58.0 Å². The smallest absolute Gasteiger partial charge is 0.407 e. The van der Waals surface area contributed by atoms with E-state index in [9.17, 15) is 38.4 Å². The molecule has 0 radical (unpaired) electrons. The van der Waals surface area contributed by atoms with Gasteiger partial charge in [-0.15, -0.1) is 0 Å². The third-order valence-electron chi connectivity index (χ3n) is 16.3. The molecule has 0 aromatic rings. The van der Waals surface area contributed by atoms with Crippen LogP contribution < -0.4 is 5.32 Å². The number of hydrogen-bond acceptors (Lipinski definition) is 17. The van der Waals surface area contributed by atoms with E-state index >= 15 is 0 Å². The van der Waals surface area contributed by atoms with Crippen LogP contribution in [0.5, 0.6) is 0 Å². The van der Waals surface area contributed by atoms with Crippen molar-refractivity contribution in [3.05, 3.63) is 0 Å². The highest BCUT2D eigenvalue weighted by Crippen LogP contribution is 2.25. The number of unbranched alkanes of at least 4 members (excludes halogenated alkanes) is 21. The minimum absolute atomic E-state index is 0.0150. The van der Waals surface area contributed by atoms with E-state index in [1.165, 1.54) is 57.8 Å². The number of esters is 7. The molecule has 0 saturated carbocycles. The number of hydrogen-bond donors (Lipinski definition) is 1. The summed E-state index contributed by atoms with van der Waals surface area (Å²) in [5.41, 5.74) is -1.52. The molecule has 0 spiro atoms. The van der Waals surface area contributed by atoms with Gasteiger partial charge in [-0.3, -0.25) is 33.6 Å². The summed E-state index contributed by atoms with van der Waals surface area (Å²) >= 11 is 0. The van der Waals surface area contributed by atoms with Crippen molar-refractivity contribution in [3.63, 3.8) is 0 Å². The molecule has 18 heteroatoms. The van der Waals surface area contributed by atoms with E-state index in [4.69, 9.17) is 37.9 Å². The van der Waals surface area contributed by atoms with Gasteiger partial charge in [0.15, 0.2) is 0 Å². The molecular weight excluding hydrogens is 1120 g/mol. The van der Waals surface area contributed by atoms with Crippen LogP contribution in [0.3, 0.4) is 0 Å². The molecule has 1 amide bonds. The van der Waals surface area contributed by atoms with Gasteiger partial charge in [0.25, 0.3) is 0 Å². The molecule has 0 bridgehead atoms. The van der Waals surface area contributed by atoms with Gasteiger partial charge in [0.2, 0.25) is 0 Å². The fourth-order valence-electron chi connectivity index (χ4n) is 10.6. The fraction of sp³-hybridized carbons (Fsp3) is 0.886. The molecule has 1 rings (SSSR count). The number of likely N-dealkylation sites (tertiary alicyclic amines) is 1. The molecule has 1 fully saturated rings. The number of carbonyl (C=O) groups is 8. The van der Waals surface area contributed by atoms with Gasteiger partial charge >= 0.3 is 47.9 Å². The Morgan fingerprint density at radius 2 is 0.648 bits per heavy atom. The van der Waals surface area contributed by atoms with Crippen LogP contribution in [0.4, 0.5) is 4.79 Å². The lowest BCUT2D eigenvalue weighted by atomic mass is 9.92. The molecule has 1 saturated heterocycles. The van der Waals surface area contributed by atoms with Crippen molar-refractivity contribution in [2.24, 2.45) is 5.41 Å². The first kappa shape index (κ1) is 81.5. The monoisotopic (exact) mass is 1250 g/mol. The quantitative estimate of drug-likeness (QED) is 0.0339. The highest BCUT2D eigenvalue weighted by atomic mass is 16.6. The summed E-state index contributed by atoms with van der Waals surface area (Å²) in [6.45, 7) is 15.8. The molecule has 0 aromatic heterocycles. The molecule has 1 aliphatic rings. The molecule has 18 nitrogen and oxygen atoms in total. The van der Waals surface area contributed by atoms with Gasteiger partial charge in [-0.05, 0) is 143 Å². The average molecular weight is 1250 g/mol. The van der Waals surface area contributed by atoms with Crippen LogP contribution in [0.25, 0.3) is 0 Å². The number of rotatable bonds is 59. The fourth-order valence-corrected chi connectivity index (χ4v) is 10.6. The second kappa shape index (κ2) is 55.4. The minimum atomic E-state index is -1.52. The molecule has 1 N–H and O–H groups in total. The van der Waals surface area contributed by atoms with E-state index in [0.717, 1.165) is 116 Å². The zero-order valence-electron chi connectivity index (χ0n) is 56.6. The summed E-state index contributed by atoms with van der Waals surface area (Å²) in [5, 5.41) is 2.86. The molecule has 1 heterocycles. The summed E-state index contributed by atoms with van der Waals surface area (Å²) in [6.07, 6.45) is 30.0. The van der Waals surface area contributed by atoms with Crippen LogP contribution in [0.1, 0.15) is 318 Å². The second-order valence-corrected chi connectivity index (χ2v) is 25.2. The lowest BCUT2D eigenvalue weighted by molar-refractivity contribution is -0.171. The third-order valence-corrected chi connectivity index (χ3v) is 16.3. The van der Waals surface area contributed by atoms with E-state index in [2.05, 4.69) is 37.9 Å². The number of alkyl carbamates (subject to hydrolysis) is 1. The van der Waals surface area contributed by atoms with Crippen molar-refractivity contribution >= 4 is 47.9 Å². The van der Waals surface area contributed by atoms with Crippen LogP contribution in [-0.4, -0.2) is 130 Å². The van der Waals surface area contributed by atoms with Gasteiger partial charge < -0.3 is 48.1 Å². The first-order valence-corrected chi connectivity index (χ1v) is 35.4. The standard InChI is InChI=1S/C70H126N2O16/c1-8-12-16-20-26-38-58(5)85-66(77)45-33-23-30-42-62(73)81-54-70(55-82-63(74)43-31-24-34-46-67(78)86-59(6)39-27-21-17-13-9-2,56-83-64(75)44-32-25-35-47-68(79)87-60(7)40-28-22-18-14-10-3)57-84-65(76)49-48-61(41-29-19-15-11-4)88-69(80)71-50-53-72-51-36-37-52-72/h58-61H,8-57H2,1-7H3,(H,71,80). The Labute approximate surface area is 532 Å². The summed E-state index contributed by atoms with van der Waals surface area (Å²) in [4.78, 5) is 107. The van der Waals surface area contributed by atoms with Crippen LogP contribution in [0.2, 0.25) is 0 Å². The predicted molar refractivity (Wildman–Crippen MR) is 344 cm³/mol. The average Bonchev–Trinajstić information content (AvgIpc) is 4.10. The van der Waals surface area contributed by atoms with E-state index in [0.29, 0.717) is 70.8 Å². The van der Waals surface area contributed by atoms with E-state index in [1.807, 2.05) is 20.8 Å². The topological polar surface area (TPSA) is 226 Å². The van der Waals surface area contributed by atoms with Crippen LogP contribution in [0, 0.1) is 5.41 Å². The van der Waals surface area contributed by atoms with Crippen molar-refractivity contribution in [1.82, 2.24) is 10.2 Å². The van der Waals surface area contributed by atoms with Crippen LogP contribution in [-0.2, 0) is 71.5 Å². The van der Waals surface area contributed by atoms with Crippen molar-refractivity contribution in [2.75, 3.05) is 52.6 Å². The Bertz CT molecular complexity index is 1680. The largest absolute Gasteiger partial charge is 0.465 e. The molecule has 4 atom stereocenters. The van der Waals surface area contributed by atoms with Crippen molar-refractivity contribution in [3.8, 4) is 0 Å². The van der Waals surface area contributed by atoms with E-state index in [-0.39, 0.29) is 87.6 Å². The Kier molecular flexibility index (Phi) is 51.3. The van der Waals surface area contributed by atoms with Crippen molar-refractivity contribution in [2.45, 2.75) is 343 Å². The van der Waals surface area contributed by atoms with Crippen molar-refractivity contribution < 1.29 is 76.3 Å². The minimum Gasteiger partial charge on any atom is -0.465 e. The van der Waals surface area contributed by atoms with Gasteiger partial charge in [-0.2, -0.15) is 0 Å². The van der Waals surface area contributed by atoms with Crippen LogP contribution in [0.15, 0.2) is 0 Å². The van der Waals surface area contributed by atoms with Gasteiger partial charge in [0.05, 0.1) is 18.3 Å². The Morgan fingerprint density at radius 1 is 0.352 bits per heavy atom. The summed E-state index contributed by atoms with van der Waals surface area (Å²) in [5.74, 6) is -3.16. The SMILES string of the molecule is CCCCCCCC(C)OC(=O)CCCCCC(=O)OCC(COC(=O)CCCCCC(=O)OC(C)CCCCCCC)(COC(=O)CCCCCC(=O)OC(C)CCCCCCC)COC(=O)CCC(CCCCCC)OC(=O)NCCN1CCCC1. The van der Waals surface area contributed by atoms with E-state index < -0.39 is 67.9 Å². The molecule has 0 aliphatic carbocycles. The Morgan fingerprint density at radius 3 is 1.00 bits per heavy atom. The Balaban J connectivity index is 3.18. The maximum absolute atomic E-state index is 13.8. The predicted octanol–water partition coefficient (Wildman–Crippen LogP) is 15.8. The first-order valence-electron chi connectivity index (χ1n) is 35.4. The summed E-state index contributed by atoms with van der Waals surface area (Å²) < 4.78 is 46.2. The molecule has 4 unspecified atom stereocenters. The lowest BCUT2D eigenvalue weighted by Gasteiger charge is -2.31. The summed E-state index contributed by atoms with van der Waals surface area (Å²) in [6, 6.07) is 0. The maximum Gasteiger partial charge on any atom is 0.407 e. The number of carbonyl (C=O) groups excluding carboxylic acids is 8. The normalized spacial score (nSPS) is 14.4. The number of amides is 1. The maximum atomic E-state index is 13.8. The number of ether oxygens (including phenoxy) is 8. The summed E-state index contributed by atoms with van der Waals surface area (Å²) in [7, 11) is 0. The third kappa shape index (κ3) is 48.4. The number of nitrogens with zero attached hydrogens (tertiary/aromatic N) is 1. The second-order valence-electron chi connectivity index (χ2n) is 25.2. The Hall–Kier alpha value is -4.48. The number of nitrogens with one attached hydrogen (secondary N) is 1. The highest BCUT2D eigenvalue weighted by Gasteiger charge is 2.38. The molecule has 88 heavy (non-hydrogen) atoms. The molecule has 0 aromatic carbocycles. The van der Waals surface area contributed by atoms with Gasteiger partial charge in [0.1, 0.15) is 37.9 Å². The van der Waals surface area contributed by atoms with Gasteiger partial charge in [-0.25, -0.2) is 4.79 Å². The molecule has 1 aliphatic heterocycles. The van der Waals surface area contributed by atoms with Crippen LogP contribution >= 0.6 is 0 Å². The lowest BCUT2D eigenvalue weighted by Crippen LogP contribution is -2.44. The van der Waals surface area contributed by atoms with Crippen molar-refractivity contribution in [1.29, 1.82) is 0 Å². The first-order chi connectivity index (χ1) is 42.5.